The van der Waals surface area contributed by atoms with Crippen LogP contribution in [0.5, 0.6) is 0 Å². The number of carbonyl (C=O) groups excluding carboxylic acids is 2. The van der Waals surface area contributed by atoms with Crippen LogP contribution in [0.1, 0.15) is 34.3 Å². The van der Waals surface area contributed by atoms with Crippen molar-refractivity contribution in [2.45, 2.75) is 25.7 Å². The predicted octanol–water partition coefficient (Wildman–Crippen LogP) is 1.38. The maximum absolute atomic E-state index is 12.7. The van der Waals surface area contributed by atoms with E-state index in [-0.39, 0.29) is 11.8 Å². The lowest BCUT2D eigenvalue weighted by atomic mass is 9.89. The highest BCUT2D eigenvalue weighted by molar-refractivity contribution is 6.00. The van der Waals surface area contributed by atoms with E-state index in [2.05, 4.69) is 0 Å². The molecule has 0 atom stereocenters. The minimum atomic E-state index is 0.0939. The molecule has 3 aliphatic heterocycles. The summed E-state index contributed by atoms with van der Waals surface area (Å²) in [5.74, 6) is 0.317. The standard InChI is InChI=1S/C17H20N2O3/c20-15-4-3-13-11-14(17(21)18-6-8-22-9-7-18)10-12-2-1-5-19(15)16(12)13/h10-11H,1-9H2. The van der Waals surface area contributed by atoms with Crippen molar-refractivity contribution in [3.8, 4) is 0 Å². The molecule has 5 heteroatoms. The van der Waals surface area contributed by atoms with Crippen molar-refractivity contribution >= 4 is 17.5 Å². The number of rotatable bonds is 1. The largest absolute Gasteiger partial charge is 0.378 e. The molecule has 0 aromatic heterocycles. The van der Waals surface area contributed by atoms with Gasteiger partial charge in [-0.05, 0) is 42.5 Å². The van der Waals surface area contributed by atoms with Gasteiger partial charge >= 0.3 is 0 Å². The van der Waals surface area contributed by atoms with Gasteiger partial charge in [-0.1, -0.05) is 0 Å². The van der Waals surface area contributed by atoms with Crippen LogP contribution in [0.3, 0.4) is 0 Å². The summed E-state index contributed by atoms with van der Waals surface area (Å²) in [5, 5.41) is 0. The van der Waals surface area contributed by atoms with Crippen molar-refractivity contribution in [1.29, 1.82) is 0 Å². The molecule has 1 saturated heterocycles. The first kappa shape index (κ1) is 13.8. The van der Waals surface area contributed by atoms with Gasteiger partial charge in [0.2, 0.25) is 5.91 Å². The summed E-state index contributed by atoms with van der Waals surface area (Å²) in [7, 11) is 0. The van der Waals surface area contributed by atoms with Crippen LogP contribution in [0.25, 0.3) is 0 Å². The van der Waals surface area contributed by atoms with Gasteiger partial charge in [0, 0.05) is 31.6 Å². The number of benzene rings is 1. The number of ether oxygens (including phenoxy) is 1. The lowest BCUT2D eigenvalue weighted by molar-refractivity contribution is -0.119. The molecule has 0 spiro atoms. The van der Waals surface area contributed by atoms with Crippen molar-refractivity contribution in [1.82, 2.24) is 4.90 Å². The van der Waals surface area contributed by atoms with Crippen molar-refractivity contribution in [2.24, 2.45) is 0 Å². The Labute approximate surface area is 129 Å². The van der Waals surface area contributed by atoms with Crippen LogP contribution in [0.4, 0.5) is 5.69 Å². The van der Waals surface area contributed by atoms with Gasteiger partial charge in [-0.3, -0.25) is 9.59 Å². The minimum absolute atomic E-state index is 0.0939. The van der Waals surface area contributed by atoms with Crippen LogP contribution in [-0.2, 0) is 22.4 Å². The fourth-order valence-corrected chi connectivity index (χ4v) is 3.73. The van der Waals surface area contributed by atoms with Gasteiger partial charge in [-0.2, -0.15) is 0 Å². The molecule has 4 rings (SSSR count). The van der Waals surface area contributed by atoms with E-state index in [4.69, 9.17) is 4.74 Å². The number of morpholine rings is 1. The molecule has 22 heavy (non-hydrogen) atoms. The lowest BCUT2D eigenvalue weighted by Gasteiger charge is -2.36. The third-order valence-corrected chi connectivity index (χ3v) is 4.82. The third-order valence-electron chi connectivity index (χ3n) is 4.82. The molecule has 0 radical (unpaired) electrons. The van der Waals surface area contributed by atoms with Crippen LogP contribution in [0.2, 0.25) is 0 Å². The molecule has 3 heterocycles. The summed E-state index contributed by atoms with van der Waals surface area (Å²) >= 11 is 0. The molecule has 0 unspecified atom stereocenters. The van der Waals surface area contributed by atoms with Crippen LogP contribution in [-0.4, -0.2) is 49.6 Å². The summed E-state index contributed by atoms with van der Waals surface area (Å²) in [5.41, 5.74) is 4.18. The molecule has 1 aromatic carbocycles. The first-order valence-corrected chi connectivity index (χ1v) is 8.07. The van der Waals surface area contributed by atoms with Crippen LogP contribution in [0.15, 0.2) is 12.1 Å². The Hall–Kier alpha value is -1.88. The van der Waals surface area contributed by atoms with Crippen molar-refractivity contribution in [3.05, 3.63) is 28.8 Å². The lowest BCUT2D eigenvalue weighted by Crippen LogP contribution is -2.42. The number of hydrogen-bond donors (Lipinski definition) is 0. The number of hydrogen-bond acceptors (Lipinski definition) is 3. The highest BCUT2D eigenvalue weighted by Crippen LogP contribution is 2.36. The summed E-state index contributed by atoms with van der Waals surface area (Å²) in [6.07, 6.45) is 3.24. The molecule has 0 bridgehead atoms. The SMILES string of the molecule is O=C(c1cc2c3c(c1)CCC(=O)N3CCC2)N1CCOCC1. The van der Waals surface area contributed by atoms with E-state index < -0.39 is 0 Å². The van der Waals surface area contributed by atoms with Crippen molar-refractivity contribution in [2.75, 3.05) is 37.7 Å². The first-order valence-electron chi connectivity index (χ1n) is 8.07. The molecule has 1 aromatic rings. The maximum Gasteiger partial charge on any atom is 0.254 e. The van der Waals surface area contributed by atoms with Gasteiger partial charge in [0.15, 0.2) is 0 Å². The minimum Gasteiger partial charge on any atom is -0.378 e. The Kier molecular flexibility index (Phi) is 3.37. The highest BCUT2D eigenvalue weighted by Gasteiger charge is 2.31. The number of anilines is 1. The Morgan fingerprint density at radius 2 is 1.73 bits per heavy atom. The topological polar surface area (TPSA) is 49.9 Å². The zero-order chi connectivity index (χ0) is 15.1. The van der Waals surface area contributed by atoms with Crippen LogP contribution < -0.4 is 4.90 Å². The molecule has 0 saturated carbocycles. The Morgan fingerprint density at radius 1 is 1.00 bits per heavy atom. The molecule has 5 nitrogen and oxygen atoms in total. The van der Waals surface area contributed by atoms with E-state index in [1.807, 2.05) is 21.9 Å². The van der Waals surface area contributed by atoms with Gasteiger partial charge in [-0.15, -0.1) is 0 Å². The molecule has 1 fully saturated rings. The Balaban J connectivity index is 1.71. The van der Waals surface area contributed by atoms with Gasteiger partial charge < -0.3 is 14.5 Å². The van der Waals surface area contributed by atoms with Gasteiger partial charge in [-0.25, -0.2) is 0 Å². The number of carbonyl (C=O) groups is 2. The second-order valence-electron chi connectivity index (χ2n) is 6.20. The number of aryl methyl sites for hydroxylation is 2. The average molecular weight is 300 g/mol. The second kappa shape index (κ2) is 5.39. The van der Waals surface area contributed by atoms with E-state index in [0.717, 1.165) is 48.2 Å². The van der Waals surface area contributed by atoms with Gasteiger partial charge in [0.05, 0.1) is 18.9 Å². The fourth-order valence-electron chi connectivity index (χ4n) is 3.73. The van der Waals surface area contributed by atoms with E-state index >= 15 is 0 Å². The predicted molar refractivity (Wildman–Crippen MR) is 82.2 cm³/mol. The van der Waals surface area contributed by atoms with Crippen molar-refractivity contribution in [3.63, 3.8) is 0 Å². The molecule has 0 N–H and O–H groups in total. The third kappa shape index (κ3) is 2.20. The van der Waals surface area contributed by atoms with Gasteiger partial charge in [0.25, 0.3) is 5.91 Å². The number of amides is 2. The Bertz CT molecular complexity index is 618. The van der Waals surface area contributed by atoms with E-state index in [0.29, 0.717) is 32.7 Å². The van der Waals surface area contributed by atoms with Gasteiger partial charge in [0.1, 0.15) is 0 Å². The summed E-state index contributed by atoms with van der Waals surface area (Å²) in [6, 6.07) is 4.00. The van der Waals surface area contributed by atoms with E-state index in [1.165, 1.54) is 0 Å². The monoisotopic (exact) mass is 300 g/mol. The summed E-state index contributed by atoms with van der Waals surface area (Å²) in [4.78, 5) is 28.6. The summed E-state index contributed by atoms with van der Waals surface area (Å²) in [6.45, 7) is 3.37. The maximum atomic E-state index is 12.7. The number of nitrogens with zero attached hydrogens (tertiary/aromatic N) is 2. The second-order valence-corrected chi connectivity index (χ2v) is 6.20. The summed E-state index contributed by atoms with van der Waals surface area (Å²) < 4.78 is 5.32. The molecule has 116 valence electrons. The first-order chi connectivity index (χ1) is 10.7. The highest BCUT2D eigenvalue weighted by atomic mass is 16.5. The normalized spacial score (nSPS) is 20.8. The molecular weight excluding hydrogens is 280 g/mol. The average Bonchev–Trinajstić information content (AvgIpc) is 2.58. The zero-order valence-electron chi connectivity index (χ0n) is 12.6. The van der Waals surface area contributed by atoms with E-state index in [9.17, 15) is 9.59 Å². The molecule has 2 amide bonds. The van der Waals surface area contributed by atoms with Crippen LogP contribution in [0, 0.1) is 0 Å². The van der Waals surface area contributed by atoms with E-state index in [1.54, 1.807) is 0 Å². The molecule has 0 aliphatic carbocycles. The zero-order valence-corrected chi connectivity index (χ0v) is 12.6. The molecular formula is C17H20N2O3. The van der Waals surface area contributed by atoms with Crippen LogP contribution >= 0.6 is 0 Å². The smallest absolute Gasteiger partial charge is 0.254 e. The molecule has 3 aliphatic rings. The van der Waals surface area contributed by atoms with Crippen molar-refractivity contribution < 1.29 is 14.3 Å². The fraction of sp³-hybridized carbons (Fsp3) is 0.529. The Morgan fingerprint density at radius 3 is 2.50 bits per heavy atom. The quantitative estimate of drug-likeness (QED) is 0.787.